The summed E-state index contributed by atoms with van der Waals surface area (Å²) >= 11 is 1.37. The maximum absolute atomic E-state index is 12.7. The zero-order valence-electron chi connectivity index (χ0n) is 18.8. The number of phenolic OH excluding ortho intramolecular Hbond substituents is 1. The molecule has 4 rings (SSSR count). The highest BCUT2D eigenvalue weighted by Gasteiger charge is 2.24. The van der Waals surface area contributed by atoms with E-state index in [-0.39, 0.29) is 23.5 Å². The number of hydrogen-bond donors (Lipinski definition) is 2. The van der Waals surface area contributed by atoms with Crippen molar-refractivity contribution >= 4 is 17.7 Å². The van der Waals surface area contributed by atoms with Crippen LogP contribution in [0.3, 0.4) is 0 Å². The normalized spacial score (nSPS) is 18.5. The first-order valence-corrected chi connectivity index (χ1v) is 12.2. The van der Waals surface area contributed by atoms with Gasteiger partial charge in [0.1, 0.15) is 5.75 Å². The Morgan fingerprint density at radius 2 is 1.94 bits per heavy atom. The predicted molar refractivity (Wildman–Crippen MR) is 128 cm³/mol. The first-order chi connectivity index (χ1) is 15.4. The van der Waals surface area contributed by atoms with Crippen LogP contribution in [0, 0.1) is 19.8 Å². The Labute approximate surface area is 193 Å². The molecule has 168 valence electrons. The average Bonchev–Trinajstić information content (AvgIpc) is 3.18. The number of phenols is 1. The van der Waals surface area contributed by atoms with E-state index in [2.05, 4.69) is 35.4 Å². The number of carbonyl (C=O) groups excluding carboxylic acids is 1. The van der Waals surface area contributed by atoms with Gasteiger partial charge in [0.05, 0.1) is 17.0 Å². The van der Waals surface area contributed by atoms with Gasteiger partial charge < -0.3 is 10.4 Å². The van der Waals surface area contributed by atoms with Gasteiger partial charge in [0.25, 0.3) is 0 Å². The van der Waals surface area contributed by atoms with Gasteiger partial charge in [-0.15, -0.1) is 10.2 Å². The molecule has 0 radical (unpaired) electrons. The van der Waals surface area contributed by atoms with E-state index in [0.717, 1.165) is 17.7 Å². The lowest BCUT2D eigenvalue weighted by Gasteiger charge is -2.29. The monoisotopic (exact) mass is 450 g/mol. The van der Waals surface area contributed by atoms with Gasteiger partial charge in [-0.05, 0) is 56.4 Å². The second-order valence-electron chi connectivity index (χ2n) is 8.67. The van der Waals surface area contributed by atoms with Crippen LogP contribution in [-0.2, 0) is 4.79 Å². The lowest BCUT2D eigenvalue weighted by atomic mass is 9.86. The molecule has 1 aliphatic carbocycles. The molecule has 32 heavy (non-hydrogen) atoms. The van der Waals surface area contributed by atoms with Gasteiger partial charge in [-0.3, -0.25) is 9.36 Å². The lowest BCUT2D eigenvalue weighted by molar-refractivity contribution is -0.119. The van der Waals surface area contributed by atoms with E-state index in [1.54, 1.807) is 12.1 Å². The molecule has 3 aromatic rings. The third-order valence-corrected chi connectivity index (χ3v) is 7.09. The van der Waals surface area contributed by atoms with Gasteiger partial charge in [-0.2, -0.15) is 0 Å². The Morgan fingerprint density at radius 1 is 1.16 bits per heavy atom. The molecule has 0 saturated heterocycles. The minimum Gasteiger partial charge on any atom is -0.507 e. The molecule has 1 aromatic heterocycles. The number of nitrogens with one attached hydrogen (secondary N) is 1. The molecule has 1 aliphatic rings. The van der Waals surface area contributed by atoms with E-state index in [4.69, 9.17) is 0 Å². The first-order valence-electron chi connectivity index (χ1n) is 11.2. The molecule has 2 N–H and O–H groups in total. The van der Waals surface area contributed by atoms with Gasteiger partial charge in [0, 0.05) is 6.04 Å². The fourth-order valence-electron chi connectivity index (χ4n) is 4.38. The van der Waals surface area contributed by atoms with Crippen molar-refractivity contribution in [3.63, 3.8) is 0 Å². The Balaban J connectivity index is 1.62. The number of thioether (sulfide) groups is 1. The summed E-state index contributed by atoms with van der Waals surface area (Å²) in [6.45, 7) is 6.31. The molecule has 0 bridgehead atoms. The summed E-state index contributed by atoms with van der Waals surface area (Å²) in [7, 11) is 0. The molecule has 6 nitrogen and oxygen atoms in total. The summed E-state index contributed by atoms with van der Waals surface area (Å²) in [5.74, 6) is 1.51. The number of amides is 1. The second-order valence-corrected chi connectivity index (χ2v) is 9.62. The van der Waals surface area contributed by atoms with Crippen LogP contribution in [0.1, 0.15) is 43.7 Å². The van der Waals surface area contributed by atoms with E-state index in [0.29, 0.717) is 22.5 Å². The van der Waals surface area contributed by atoms with Gasteiger partial charge in [0.2, 0.25) is 5.91 Å². The SMILES string of the molecule is Cc1ccc(-n2c(SCC(=O)N[C@H]3CCCC[C@@H]3C)nnc2-c2ccccc2O)c(C)c1. The van der Waals surface area contributed by atoms with Crippen molar-refractivity contribution < 1.29 is 9.90 Å². The van der Waals surface area contributed by atoms with E-state index in [1.165, 1.54) is 36.6 Å². The zero-order valence-corrected chi connectivity index (χ0v) is 19.7. The second kappa shape index (κ2) is 9.77. The number of rotatable bonds is 6. The van der Waals surface area contributed by atoms with Gasteiger partial charge in [0.15, 0.2) is 11.0 Å². The fourth-order valence-corrected chi connectivity index (χ4v) is 5.14. The number of aromatic hydroxyl groups is 1. The molecule has 0 unspecified atom stereocenters. The standard InChI is InChI=1S/C25H30N4O2S/c1-16-12-13-21(18(3)14-16)29-24(19-9-5-7-11-22(19)30)27-28-25(29)32-15-23(31)26-20-10-6-4-8-17(20)2/h5,7,9,11-14,17,20,30H,4,6,8,10,15H2,1-3H3,(H,26,31)/t17-,20-/m0/s1. The van der Waals surface area contributed by atoms with Crippen molar-refractivity contribution in [1.29, 1.82) is 0 Å². The molecule has 0 spiro atoms. The molecular formula is C25H30N4O2S. The van der Waals surface area contributed by atoms with Crippen molar-refractivity contribution in [3.8, 4) is 22.8 Å². The topological polar surface area (TPSA) is 80.0 Å². The maximum atomic E-state index is 12.7. The number of carbonyl (C=O) groups is 1. The van der Waals surface area contributed by atoms with Crippen LogP contribution in [0.5, 0.6) is 5.75 Å². The summed E-state index contributed by atoms with van der Waals surface area (Å²) in [4.78, 5) is 12.7. The molecule has 1 amide bonds. The highest BCUT2D eigenvalue weighted by Crippen LogP contribution is 2.34. The summed E-state index contributed by atoms with van der Waals surface area (Å²) in [5, 5.41) is 23.1. The quantitative estimate of drug-likeness (QED) is 0.514. The lowest BCUT2D eigenvalue weighted by Crippen LogP contribution is -2.41. The van der Waals surface area contributed by atoms with Crippen LogP contribution in [0.2, 0.25) is 0 Å². The van der Waals surface area contributed by atoms with Crippen LogP contribution in [0.15, 0.2) is 47.6 Å². The summed E-state index contributed by atoms with van der Waals surface area (Å²) in [6, 6.07) is 13.5. The fraction of sp³-hybridized carbons (Fsp3) is 0.400. The molecular weight excluding hydrogens is 420 g/mol. The summed E-state index contributed by atoms with van der Waals surface area (Å²) in [5.41, 5.74) is 3.78. The minimum atomic E-state index is 0.0213. The van der Waals surface area contributed by atoms with Crippen molar-refractivity contribution in [3.05, 3.63) is 53.6 Å². The number of aromatic nitrogens is 3. The molecule has 1 fully saturated rings. The Morgan fingerprint density at radius 3 is 2.69 bits per heavy atom. The number of hydrogen-bond acceptors (Lipinski definition) is 5. The minimum absolute atomic E-state index is 0.0213. The maximum Gasteiger partial charge on any atom is 0.230 e. The van der Waals surface area contributed by atoms with Crippen LogP contribution in [0.4, 0.5) is 0 Å². The third kappa shape index (κ3) is 4.83. The van der Waals surface area contributed by atoms with E-state index in [9.17, 15) is 9.90 Å². The highest BCUT2D eigenvalue weighted by atomic mass is 32.2. The van der Waals surface area contributed by atoms with Crippen LogP contribution in [0.25, 0.3) is 17.1 Å². The molecule has 7 heteroatoms. The zero-order chi connectivity index (χ0) is 22.7. The van der Waals surface area contributed by atoms with Crippen LogP contribution >= 0.6 is 11.8 Å². The van der Waals surface area contributed by atoms with Crippen molar-refractivity contribution in [2.75, 3.05) is 5.75 Å². The average molecular weight is 451 g/mol. The first kappa shape index (κ1) is 22.4. The Hall–Kier alpha value is -2.80. The summed E-state index contributed by atoms with van der Waals surface area (Å²) < 4.78 is 1.94. The number of aryl methyl sites for hydroxylation is 2. The predicted octanol–water partition coefficient (Wildman–Crippen LogP) is 5.04. The molecule has 0 aliphatic heterocycles. The largest absolute Gasteiger partial charge is 0.507 e. The Kier molecular flexibility index (Phi) is 6.84. The van der Waals surface area contributed by atoms with Crippen molar-refractivity contribution in [2.24, 2.45) is 5.92 Å². The van der Waals surface area contributed by atoms with Gasteiger partial charge in [-0.1, -0.05) is 61.4 Å². The highest BCUT2D eigenvalue weighted by molar-refractivity contribution is 7.99. The summed E-state index contributed by atoms with van der Waals surface area (Å²) in [6.07, 6.45) is 4.64. The molecule has 1 saturated carbocycles. The molecule has 1 heterocycles. The van der Waals surface area contributed by atoms with Crippen LogP contribution in [-0.4, -0.2) is 37.6 Å². The van der Waals surface area contributed by atoms with Crippen molar-refractivity contribution in [1.82, 2.24) is 20.1 Å². The van der Waals surface area contributed by atoms with Gasteiger partial charge >= 0.3 is 0 Å². The molecule has 2 atom stereocenters. The molecule has 2 aromatic carbocycles. The van der Waals surface area contributed by atoms with Crippen LogP contribution < -0.4 is 5.32 Å². The van der Waals surface area contributed by atoms with E-state index in [1.807, 2.05) is 35.8 Å². The number of nitrogens with zero attached hydrogens (tertiary/aromatic N) is 3. The van der Waals surface area contributed by atoms with E-state index >= 15 is 0 Å². The van der Waals surface area contributed by atoms with Crippen molar-refractivity contribution in [2.45, 2.75) is 57.7 Å². The van der Waals surface area contributed by atoms with Gasteiger partial charge in [-0.25, -0.2) is 0 Å². The smallest absolute Gasteiger partial charge is 0.230 e. The third-order valence-electron chi connectivity index (χ3n) is 6.16. The number of para-hydroxylation sites is 1. The van der Waals surface area contributed by atoms with E-state index < -0.39 is 0 Å². The Bertz CT molecular complexity index is 1110. The number of benzene rings is 2.